The van der Waals surface area contributed by atoms with Gasteiger partial charge in [0.05, 0.1) is 4.91 Å². The molecule has 0 bridgehead atoms. The second-order valence-corrected chi connectivity index (χ2v) is 9.73. The summed E-state index contributed by atoms with van der Waals surface area (Å²) in [5.74, 6) is -0.436. The molecule has 0 aromatic heterocycles. The molecule has 37 heavy (non-hydrogen) atoms. The summed E-state index contributed by atoms with van der Waals surface area (Å²) in [5.41, 5.74) is 2.19. The normalized spacial score (nSPS) is 14.4. The van der Waals surface area contributed by atoms with E-state index in [1.165, 1.54) is 0 Å². The van der Waals surface area contributed by atoms with E-state index in [0.717, 1.165) is 33.0 Å². The van der Waals surface area contributed by atoms with Gasteiger partial charge in [-0.1, -0.05) is 78.3 Å². The second-order valence-electron chi connectivity index (χ2n) is 8.30. The van der Waals surface area contributed by atoms with Gasteiger partial charge in [-0.25, -0.2) is 0 Å². The smallest absolute Gasteiger partial charge is 0.294 e. The van der Waals surface area contributed by atoms with Crippen LogP contribution in [0.3, 0.4) is 0 Å². The van der Waals surface area contributed by atoms with E-state index in [4.69, 9.17) is 16.3 Å². The van der Waals surface area contributed by atoms with Crippen molar-refractivity contribution in [3.8, 4) is 5.75 Å². The standard InChI is InChI=1S/C29H21ClN2O4S/c30-21-10-6-11-22(15-21)31-27(33)17-32-28(34)26(37-29(32)35)16-24-23-12-5-4-9-20(23)13-14-25(24)36-18-19-7-2-1-3-8-19/h1-16H,17-18H2,(H,31,33)/b26-16+. The number of ether oxygens (including phenoxy) is 1. The molecule has 1 aliphatic heterocycles. The van der Waals surface area contributed by atoms with Gasteiger partial charge in [0.2, 0.25) is 5.91 Å². The Labute approximate surface area is 222 Å². The number of hydrogen-bond acceptors (Lipinski definition) is 5. The van der Waals surface area contributed by atoms with Gasteiger partial charge in [0.1, 0.15) is 18.9 Å². The average molecular weight is 529 g/mol. The molecule has 0 aliphatic carbocycles. The number of carbonyl (C=O) groups is 3. The van der Waals surface area contributed by atoms with E-state index in [2.05, 4.69) is 5.32 Å². The lowest BCUT2D eigenvalue weighted by atomic mass is 10.0. The van der Waals surface area contributed by atoms with Crippen molar-refractivity contribution in [3.05, 3.63) is 112 Å². The third-order valence-electron chi connectivity index (χ3n) is 5.73. The van der Waals surface area contributed by atoms with Gasteiger partial charge in [0.25, 0.3) is 11.1 Å². The number of carbonyl (C=O) groups excluding carboxylic acids is 3. The van der Waals surface area contributed by atoms with E-state index in [-0.39, 0.29) is 4.91 Å². The highest BCUT2D eigenvalue weighted by atomic mass is 35.5. The Hall–Kier alpha value is -4.07. The van der Waals surface area contributed by atoms with Crippen LogP contribution in [0.5, 0.6) is 5.75 Å². The first-order valence-electron chi connectivity index (χ1n) is 11.5. The van der Waals surface area contributed by atoms with Gasteiger partial charge >= 0.3 is 0 Å². The quantitative estimate of drug-likeness (QED) is 0.269. The van der Waals surface area contributed by atoms with Crippen molar-refractivity contribution in [1.82, 2.24) is 4.90 Å². The van der Waals surface area contributed by atoms with Crippen LogP contribution in [0.4, 0.5) is 10.5 Å². The van der Waals surface area contributed by atoms with Crippen LogP contribution in [0.1, 0.15) is 11.1 Å². The zero-order valence-electron chi connectivity index (χ0n) is 19.5. The van der Waals surface area contributed by atoms with Crippen molar-refractivity contribution in [3.63, 3.8) is 0 Å². The lowest BCUT2D eigenvalue weighted by Crippen LogP contribution is -2.36. The van der Waals surface area contributed by atoms with Gasteiger partial charge < -0.3 is 10.1 Å². The number of nitrogens with zero attached hydrogens (tertiary/aromatic N) is 1. The number of benzene rings is 4. The van der Waals surface area contributed by atoms with Gasteiger partial charge in [-0.2, -0.15) is 0 Å². The first kappa shape index (κ1) is 24.6. The molecule has 0 atom stereocenters. The third kappa shape index (κ3) is 5.69. The summed E-state index contributed by atoms with van der Waals surface area (Å²) in [5, 5.41) is 4.48. The number of imide groups is 1. The van der Waals surface area contributed by atoms with Gasteiger partial charge in [-0.05, 0) is 58.4 Å². The molecular formula is C29H21ClN2O4S. The molecule has 0 radical (unpaired) electrons. The van der Waals surface area contributed by atoms with Gasteiger partial charge in [0.15, 0.2) is 0 Å². The fraction of sp³-hybridized carbons (Fsp3) is 0.0690. The molecule has 0 unspecified atom stereocenters. The maximum Gasteiger partial charge on any atom is 0.294 e. The molecule has 1 N–H and O–H groups in total. The van der Waals surface area contributed by atoms with Crippen LogP contribution in [0.2, 0.25) is 5.02 Å². The Morgan fingerprint density at radius 3 is 2.54 bits per heavy atom. The van der Waals surface area contributed by atoms with Crippen molar-refractivity contribution in [2.24, 2.45) is 0 Å². The van der Waals surface area contributed by atoms with Gasteiger partial charge in [-0.15, -0.1) is 0 Å². The lowest BCUT2D eigenvalue weighted by molar-refractivity contribution is -0.127. The summed E-state index contributed by atoms with van der Waals surface area (Å²) < 4.78 is 6.13. The minimum absolute atomic E-state index is 0.224. The van der Waals surface area contributed by atoms with Crippen molar-refractivity contribution in [1.29, 1.82) is 0 Å². The Morgan fingerprint density at radius 2 is 1.73 bits per heavy atom. The van der Waals surface area contributed by atoms with E-state index in [0.29, 0.717) is 28.6 Å². The fourth-order valence-corrected chi connectivity index (χ4v) is 4.97. The number of nitrogens with one attached hydrogen (secondary N) is 1. The summed E-state index contributed by atoms with van der Waals surface area (Å²) in [4.78, 5) is 39.5. The molecule has 5 rings (SSSR count). The van der Waals surface area contributed by atoms with Crippen molar-refractivity contribution < 1.29 is 19.1 Å². The maximum absolute atomic E-state index is 13.2. The molecular weight excluding hydrogens is 508 g/mol. The van der Waals surface area contributed by atoms with E-state index in [1.807, 2.05) is 66.7 Å². The number of halogens is 1. The molecule has 1 aliphatic rings. The van der Waals surface area contributed by atoms with Gasteiger partial charge in [-0.3, -0.25) is 19.3 Å². The van der Waals surface area contributed by atoms with Crippen LogP contribution in [0.25, 0.3) is 16.8 Å². The summed E-state index contributed by atoms with van der Waals surface area (Å²) in [7, 11) is 0. The highest BCUT2D eigenvalue weighted by molar-refractivity contribution is 8.18. The summed E-state index contributed by atoms with van der Waals surface area (Å²) in [6.45, 7) is -0.0490. The number of rotatable bonds is 7. The van der Waals surface area contributed by atoms with Gasteiger partial charge in [0, 0.05) is 16.3 Å². The first-order chi connectivity index (χ1) is 18.0. The molecule has 1 heterocycles. The Bertz CT molecular complexity index is 1540. The summed E-state index contributed by atoms with van der Waals surface area (Å²) in [6.07, 6.45) is 1.67. The van der Waals surface area contributed by atoms with Crippen molar-refractivity contribution >= 4 is 63.0 Å². The number of hydrogen-bond donors (Lipinski definition) is 1. The van der Waals surface area contributed by atoms with E-state index in [9.17, 15) is 14.4 Å². The number of anilines is 1. The zero-order chi connectivity index (χ0) is 25.8. The minimum Gasteiger partial charge on any atom is -0.488 e. The Kier molecular flexibility index (Phi) is 7.25. The van der Waals surface area contributed by atoms with Crippen LogP contribution >= 0.6 is 23.4 Å². The number of fused-ring (bicyclic) bond motifs is 1. The van der Waals surface area contributed by atoms with E-state index < -0.39 is 23.6 Å². The molecule has 0 saturated carbocycles. The fourth-order valence-electron chi connectivity index (χ4n) is 3.96. The van der Waals surface area contributed by atoms with Crippen LogP contribution in [-0.2, 0) is 16.2 Å². The predicted molar refractivity (Wildman–Crippen MR) is 147 cm³/mol. The Balaban J connectivity index is 1.40. The average Bonchev–Trinajstić information content (AvgIpc) is 3.16. The zero-order valence-corrected chi connectivity index (χ0v) is 21.1. The first-order valence-corrected chi connectivity index (χ1v) is 12.7. The molecule has 4 aromatic rings. The predicted octanol–water partition coefficient (Wildman–Crippen LogP) is 6.75. The second kappa shape index (κ2) is 10.9. The number of thioether (sulfide) groups is 1. The molecule has 6 nitrogen and oxygen atoms in total. The molecule has 1 saturated heterocycles. The van der Waals surface area contributed by atoms with Crippen molar-refractivity contribution in [2.45, 2.75) is 6.61 Å². The SMILES string of the molecule is O=C(CN1C(=O)S/C(=C/c2c(OCc3ccccc3)ccc3ccccc23)C1=O)Nc1cccc(Cl)c1. The highest BCUT2D eigenvalue weighted by Crippen LogP contribution is 2.37. The van der Waals surface area contributed by atoms with E-state index >= 15 is 0 Å². The topological polar surface area (TPSA) is 75.7 Å². The van der Waals surface area contributed by atoms with E-state index in [1.54, 1.807) is 30.3 Å². The Morgan fingerprint density at radius 1 is 0.946 bits per heavy atom. The third-order valence-corrected chi connectivity index (χ3v) is 6.87. The largest absolute Gasteiger partial charge is 0.488 e. The number of amides is 3. The molecule has 184 valence electrons. The monoisotopic (exact) mass is 528 g/mol. The molecule has 0 spiro atoms. The van der Waals surface area contributed by atoms with Crippen molar-refractivity contribution in [2.75, 3.05) is 11.9 Å². The van der Waals surface area contributed by atoms with Crippen LogP contribution in [0.15, 0.2) is 95.9 Å². The summed E-state index contributed by atoms with van der Waals surface area (Å²) >= 11 is 6.76. The molecule has 1 fully saturated rings. The van der Waals surface area contributed by atoms with Crippen LogP contribution < -0.4 is 10.1 Å². The molecule has 4 aromatic carbocycles. The van der Waals surface area contributed by atoms with Crippen LogP contribution in [0, 0.1) is 0 Å². The summed E-state index contributed by atoms with van der Waals surface area (Å²) in [6, 6.07) is 28.0. The maximum atomic E-state index is 13.2. The molecule has 8 heteroatoms. The minimum atomic E-state index is -0.529. The highest BCUT2D eigenvalue weighted by Gasteiger charge is 2.36. The molecule has 3 amide bonds. The van der Waals surface area contributed by atoms with Crippen LogP contribution in [-0.4, -0.2) is 28.5 Å². The lowest BCUT2D eigenvalue weighted by Gasteiger charge is -2.13.